The number of carbonyl (C=O) groups is 2. The molecule has 1 aromatic heterocycles. The van der Waals surface area contributed by atoms with Gasteiger partial charge >= 0.3 is 17.6 Å². The van der Waals surface area contributed by atoms with Crippen LogP contribution in [0.2, 0.25) is 0 Å². The molecule has 1 aromatic carbocycles. The van der Waals surface area contributed by atoms with Crippen molar-refractivity contribution < 1.29 is 51.6 Å². The summed E-state index contributed by atoms with van der Waals surface area (Å²) < 4.78 is 37.7. The second-order valence-electron chi connectivity index (χ2n) is 10.9. The largest absolute Gasteiger partial charge is 0.756 e. The summed E-state index contributed by atoms with van der Waals surface area (Å²) in [6.07, 6.45) is 3.84. The van der Waals surface area contributed by atoms with Crippen molar-refractivity contribution in [2.45, 2.75) is 70.8 Å². The predicted molar refractivity (Wildman–Crippen MR) is 148 cm³/mol. The lowest BCUT2D eigenvalue weighted by atomic mass is 10.0. The normalized spacial score (nSPS) is 13.9. The molecule has 0 aliphatic carbocycles. The minimum Gasteiger partial charge on any atom is -0.756 e. The molecule has 42 heavy (non-hydrogen) atoms. The maximum atomic E-state index is 12.5. The van der Waals surface area contributed by atoms with E-state index in [0.717, 1.165) is 18.4 Å². The van der Waals surface area contributed by atoms with Gasteiger partial charge in [-0.3, -0.25) is 24.3 Å². The fraction of sp³-hybridized carbons (Fsp3) is 0.692. The molecule has 0 aliphatic rings. The van der Waals surface area contributed by atoms with Crippen LogP contribution in [0.15, 0.2) is 16.8 Å². The summed E-state index contributed by atoms with van der Waals surface area (Å²) >= 11 is 0. The Kier molecular flexibility index (Phi) is 14.4. The smallest absolute Gasteiger partial charge is 0.306 e. The van der Waals surface area contributed by atoms with Crippen molar-refractivity contribution in [1.82, 2.24) is 10.3 Å². The van der Waals surface area contributed by atoms with Gasteiger partial charge in [-0.25, -0.2) is 4.63 Å². The number of phosphoric acid groups is 1. The van der Waals surface area contributed by atoms with E-state index in [1.54, 1.807) is 6.07 Å². The van der Waals surface area contributed by atoms with E-state index in [9.17, 15) is 29.2 Å². The highest BCUT2D eigenvalue weighted by molar-refractivity contribution is 7.45. The first-order chi connectivity index (χ1) is 19.8. The van der Waals surface area contributed by atoms with E-state index in [0.29, 0.717) is 48.6 Å². The van der Waals surface area contributed by atoms with Crippen molar-refractivity contribution in [2.75, 3.05) is 47.5 Å². The molecule has 0 spiro atoms. The molecular weight excluding hydrogens is 575 g/mol. The summed E-state index contributed by atoms with van der Waals surface area (Å²) in [5.74, 6) is -1.08. The summed E-state index contributed by atoms with van der Waals surface area (Å²) in [5.41, 5.74) is 0.963. The Balaban J connectivity index is 1.84. The van der Waals surface area contributed by atoms with Crippen LogP contribution in [0.1, 0.15) is 63.9 Å². The summed E-state index contributed by atoms with van der Waals surface area (Å²) in [5, 5.41) is 18.5. The zero-order chi connectivity index (χ0) is 31.2. The van der Waals surface area contributed by atoms with Gasteiger partial charge in [-0.2, -0.15) is 0 Å². The zero-order valence-electron chi connectivity index (χ0n) is 24.7. The van der Waals surface area contributed by atoms with E-state index < -0.39 is 37.4 Å². The molecule has 1 unspecified atom stereocenters. The van der Waals surface area contributed by atoms with E-state index in [2.05, 4.69) is 14.9 Å². The minimum atomic E-state index is -4.67. The van der Waals surface area contributed by atoms with Crippen LogP contribution >= 0.6 is 7.82 Å². The highest BCUT2D eigenvalue weighted by Gasteiger charge is 2.22. The van der Waals surface area contributed by atoms with Crippen LogP contribution < -0.4 is 4.89 Å². The number of unbranched alkanes of at least 4 members (excludes halogenated alkanes) is 4. The lowest BCUT2D eigenvalue weighted by molar-refractivity contribution is -0.870. The third-order valence-corrected chi connectivity index (χ3v) is 7.11. The van der Waals surface area contributed by atoms with Crippen molar-refractivity contribution in [3.63, 3.8) is 0 Å². The average Bonchev–Trinajstić information content (AvgIpc) is 3.39. The first-order valence-corrected chi connectivity index (χ1v) is 15.4. The third-order valence-electron chi connectivity index (χ3n) is 6.14. The van der Waals surface area contributed by atoms with E-state index >= 15 is 0 Å². The zero-order valence-corrected chi connectivity index (χ0v) is 25.5. The van der Waals surface area contributed by atoms with E-state index in [-0.39, 0.29) is 37.3 Å². The number of non-ortho nitro benzene ring substituents is 1. The number of carbonyl (C=O) groups excluding carboxylic acids is 2. The molecule has 0 amide bonds. The second kappa shape index (κ2) is 17.2. The SMILES string of the molecule is CCCCCC(=O)OC[C@H](COP(=O)([O-])OCC[N+](C)(C)C)OC(=O)CCCCCc1ccc([N+](=O)[O-])c2nonc12. The number of ether oxygens (including phenoxy) is 2. The number of likely N-dealkylation sites (N-methyl/N-ethyl adjacent to an activating group) is 1. The quantitative estimate of drug-likeness (QED) is 0.0494. The van der Waals surface area contributed by atoms with Crippen LogP contribution in [0.3, 0.4) is 0 Å². The van der Waals surface area contributed by atoms with Crippen LogP contribution in [-0.4, -0.2) is 85.3 Å². The van der Waals surface area contributed by atoms with Crippen molar-refractivity contribution in [3.8, 4) is 0 Å². The van der Waals surface area contributed by atoms with Gasteiger partial charge in [0.2, 0.25) is 5.52 Å². The molecule has 2 aromatic rings. The van der Waals surface area contributed by atoms with E-state index in [4.69, 9.17) is 18.5 Å². The number of fused-ring (bicyclic) bond motifs is 1. The molecule has 0 fully saturated rings. The Bertz CT molecular complexity index is 1210. The molecule has 0 saturated heterocycles. The fourth-order valence-corrected chi connectivity index (χ4v) is 4.52. The number of aromatic nitrogens is 2. The number of hydrogen-bond acceptors (Lipinski definition) is 13. The van der Waals surface area contributed by atoms with Crippen molar-refractivity contribution in [1.29, 1.82) is 0 Å². The topological polar surface area (TPSA) is 193 Å². The van der Waals surface area contributed by atoms with Gasteiger partial charge in [-0.15, -0.1) is 0 Å². The van der Waals surface area contributed by atoms with Crippen LogP contribution in [0.4, 0.5) is 5.69 Å². The molecule has 15 nitrogen and oxygen atoms in total. The number of nitrogens with zero attached hydrogens (tertiary/aromatic N) is 4. The number of benzene rings is 1. The van der Waals surface area contributed by atoms with Crippen LogP contribution in [0.5, 0.6) is 0 Å². The number of rotatable bonds is 21. The number of hydrogen-bond donors (Lipinski definition) is 0. The number of nitro groups is 1. The van der Waals surface area contributed by atoms with Crippen LogP contribution in [0.25, 0.3) is 11.0 Å². The number of phosphoric ester groups is 1. The Morgan fingerprint density at radius 1 is 1.00 bits per heavy atom. The summed E-state index contributed by atoms with van der Waals surface area (Å²) in [7, 11) is 0.974. The molecule has 2 rings (SSSR count). The molecule has 236 valence electrons. The number of esters is 2. The van der Waals surface area contributed by atoms with Gasteiger partial charge in [0, 0.05) is 18.9 Å². The van der Waals surface area contributed by atoms with Crippen LogP contribution in [-0.2, 0) is 39.1 Å². The van der Waals surface area contributed by atoms with Crippen molar-refractivity contribution in [3.05, 3.63) is 27.8 Å². The second-order valence-corrected chi connectivity index (χ2v) is 12.3. The Morgan fingerprint density at radius 3 is 2.38 bits per heavy atom. The number of aryl methyl sites for hydroxylation is 1. The highest BCUT2D eigenvalue weighted by atomic mass is 31.2. The monoisotopic (exact) mass is 616 g/mol. The molecule has 0 saturated carbocycles. The van der Waals surface area contributed by atoms with Gasteiger partial charge in [0.25, 0.3) is 7.82 Å². The maximum Gasteiger partial charge on any atom is 0.306 e. The van der Waals surface area contributed by atoms with E-state index in [1.165, 1.54) is 6.07 Å². The molecule has 16 heteroatoms. The van der Waals surface area contributed by atoms with E-state index in [1.807, 2.05) is 28.1 Å². The van der Waals surface area contributed by atoms with Crippen molar-refractivity contribution in [2.24, 2.45) is 0 Å². The fourth-order valence-electron chi connectivity index (χ4n) is 3.79. The van der Waals surface area contributed by atoms with Gasteiger partial charge in [-0.1, -0.05) is 26.2 Å². The summed E-state index contributed by atoms with van der Waals surface area (Å²) in [6, 6.07) is 2.96. The van der Waals surface area contributed by atoms with Gasteiger partial charge in [0.1, 0.15) is 25.3 Å². The highest BCUT2D eigenvalue weighted by Crippen LogP contribution is 2.38. The van der Waals surface area contributed by atoms with Gasteiger partial charge in [0.05, 0.1) is 32.7 Å². The molecule has 0 N–H and O–H groups in total. The first kappa shape index (κ1) is 35.2. The number of quaternary nitrogens is 1. The molecular formula is C26H41N4O11P. The Morgan fingerprint density at radius 2 is 1.69 bits per heavy atom. The molecule has 2 atom stereocenters. The lowest BCUT2D eigenvalue weighted by Crippen LogP contribution is -2.37. The Hall–Kier alpha value is -2.97. The Labute approximate surface area is 244 Å². The maximum absolute atomic E-state index is 12.5. The third kappa shape index (κ3) is 13.3. The predicted octanol–water partition coefficient (Wildman–Crippen LogP) is 3.48. The number of nitro benzene ring substituents is 1. The first-order valence-electron chi connectivity index (χ1n) is 14.0. The standard InChI is InChI=1S/C26H41N4O11P/c1-5-6-8-12-23(31)37-18-21(19-39-42(35,36)38-17-16-30(2,3)4)40-24(32)13-10-7-9-11-20-14-15-22(29(33)34)26-25(20)27-41-28-26/h14-15,21H,5-13,16-19H2,1-4H3/t21-/m1/s1. The molecule has 0 radical (unpaired) electrons. The van der Waals surface area contributed by atoms with Crippen molar-refractivity contribution >= 4 is 36.5 Å². The lowest BCUT2D eigenvalue weighted by Gasteiger charge is -2.28. The van der Waals surface area contributed by atoms with Gasteiger partial charge < -0.3 is 27.9 Å². The summed E-state index contributed by atoms with van der Waals surface area (Å²) in [6.45, 7) is 1.44. The summed E-state index contributed by atoms with van der Waals surface area (Å²) in [4.78, 5) is 47.3. The molecule has 0 aliphatic heterocycles. The van der Waals surface area contributed by atoms with Gasteiger partial charge in [-0.05, 0) is 47.6 Å². The molecule has 1 heterocycles. The molecule has 0 bridgehead atoms. The average molecular weight is 617 g/mol. The minimum absolute atomic E-state index is 0.0389. The van der Waals surface area contributed by atoms with Gasteiger partial charge in [0.15, 0.2) is 6.10 Å². The van der Waals surface area contributed by atoms with Crippen LogP contribution in [0, 0.1) is 10.1 Å².